The first-order chi connectivity index (χ1) is 17.3. The molecule has 0 bridgehead atoms. The second kappa shape index (κ2) is 10.6. The summed E-state index contributed by atoms with van der Waals surface area (Å²) in [5.41, 5.74) is 1.56. The lowest BCUT2D eigenvalue weighted by atomic mass is 10.1. The highest BCUT2D eigenvalue weighted by molar-refractivity contribution is 6.02. The van der Waals surface area contributed by atoms with Crippen LogP contribution in [0, 0.1) is 17.0 Å². The van der Waals surface area contributed by atoms with Crippen LogP contribution in [0.4, 0.5) is 11.4 Å². The molecule has 1 aromatic heterocycles. The Morgan fingerprint density at radius 2 is 1.61 bits per heavy atom. The lowest BCUT2D eigenvalue weighted by molar-refractivity contribution is -0.384. The molecule has 0 aliphatic carbocycles. The average molecular weight is 486 g/mol. The molecule has 0 aliphatic heterocycles. The summed E-state index contributed by atoms with van der Waals surface area (Å²) in [6.07, 6.45) is 0. The molecule has 1 N–H and O–H groups in total. The molecule has 36 heavy (non-hydrogen) atoms. The number of nitro groups is 1. The van der Waals surface area contributed by atoms with Gasteiger partial charge in [0.05, 0.1) is 16.7 Å². The van der Waals surface area contributed by atoms with E-state index in [4.69, 9.17) is 13.9 Å². The van der Waals surface area contributed by atoms with Crippen LogP contribution in [-0.4, -0.2) is 16.6 Å². The maximum absolute atomic E-state index is 12.7. The molecule has 4 rings (SSSR count). The van der Waals surface area contributed by atoms with Crippen LogP contribution in [0.1, 0.15) is 39.2 Å². The van der Waals surface area contributed by atoms with E-state index < -0.39 is 10.8 Å². The molecule has 4 aromatic rings. The molecule has 0 spiro atoms. The van der Waals surface area contributed by atoms with Crippen LogP contribution in [-0.2, 0) is 6.61 Å². The first kappa shape index (κ1) is 24.2. The van der Waals surface area contributed by atoms with E-state index in [-0.39, 0.29) is 35.3 Å². The van der Waals surface area contributed by atoms with Crippen molar-refractivity contribution in [3.05, 3.63) is 112 Å². The van der Waals surface area contributed by atoms with Crippen LogP contribution in [0.5, 0.6) is 17.2 Å². The minimum Gasteiger partial charge on any atom is -0.486 e. The summed E-state index contributed by atoms with van der Waals surface area (Å²) in [5, 5.41) is 14.0. The normalized spacial score (nSPS) is 10.5. The van der Waals surface area contributed by atoms with Crippen molar-refractivity contribution in [3.63, 3.8) is 0 Å². The number of hydrogen-bond acceptors (Lipinski definition) is 7. The van der Waals surface area contributed by atoms with Gasteiger partial charge in [-0.05, 0) is 62.4 Å². The number of anilines is 1. The van der Waals surface area contributed by atoms with E-state index in [2.05, 4.69) is 5.32 Å². The lowest BCUT2D eigenvalue weighted by Crippen LogP contribution is -2.11. The van der Waals surface area contributed by atoms with Crippen molar-refractivity contribution in [1.82, 2.24) is 0 Å². The number of aryl methyl sites for hydroxylation is 1. The van der Waals surface area contributed by atoms with Gasteiger partial charge in [0, 0.05) is 17.7 Å². The second-order valence-electron chi connectivity index (χ2n) is 7.98. The summed E-state index contributed by atoms with van der Waals surface area (Å²) in [6.45, 7) is 3.48. The topological polar surface area (TPSA) is 121 Å². The summed E-state index contributed by atoms with van der Waals surface area (Å²) in [4.78, 5) is 34.9. The molecule has 182 valence electrons. The minimum atomic E-state index is -0.589. The average Bonchev–Trinajstić information content (AvgIpc) is 3.33. The van der Waals surface area contributed by atoms with Gasteiger partial charge >= 0.3 is 0 Å². The monoisotopic (exact) mass is 486 g/mol. The van der Waals surface area contributed by atoms with Crippen molar-refractivity contribution in [2.75, 3.05) is 5.32 Å². The van der Waals surface area contributed by atoms with E-state index >= 15 is 0 Å². The van der Waals surface area contributed by atoms with E-state index in [1.54, 1.807) is 42.5 Å². The van der Waals surface area contributed by atoms with E-state index in [1.807, 2.05) is 19.1 Å². The third-order valence-electron chi connectivity index (χ3n) is 5.14. The number of carbonyl (C=O) groups excluding carboxylic acids is 2. The maximum atomic E-state index is 12.7. The highest BCUT2D eigenvalue weighted by Crippen LogP contribution is 2.30. The number of nitrogens with one attached hydrogen (secondary N) is 1. The third kappa shape index (κ3) is 6.15. The summed E-state index contributed by atoms with van der Waals surface area (Å²) >= 11 is 0. The summed E-state index contributed by atoms with van der Waals surface area (Å²) in [7, 11) is 0. The van der Waals surface area contributed by atoms with Crippen molar-refractivity contribution in [3.8, 4) is 17.2 Å². The quantitative estimate of drug-likeness (QED) is 0.167. The molecule has 9 nitrogen and oxygen atoms in total. The van der Waals surface area contributed by atoms with Gasteiger partial charge < -0.3 is 19.2 Å². The molecule has 0 saturated heterocycles. The molecule has 0 saturated carbocycles. The fourth-order valence-electron chi connectivity index (χ4n) is 3.27. The zero-order valence-corrected chi connectivity index (χ0v) is 19.5. The van der Waals surface area contributed by atoms with Crippen molar-refractivity contribution < 1.29 is 28.4 Å². The largest absolute Gasteiger partial charge is 0.486 e. The van der Waals surface area contributed by atoms with Gasteiger partial charge in [-0.2, -0.15) is 0 Å². The number of ether oxygens (including phenoxy) is 2. The van der Waals surface area contributed by atoms with Crippen molar-refractivity contribution in [2.45, 2.75) is 20.5 Å². The Morgan fingerprint density at radius 3 is 2.28 bits per heavy atom. The molecular formula is C27H22N2O7. The third-order valence-corrected chi connectivity index (χ3v) is 5.14. The van der Waals surface area contributed by atoms with Gasteiger partial charge in [-0.15, -0.1) is 0 Å². The standard InChI is InChI=1S/C27H22N2O7/c1-17-3-7-23(8-4-17)35-25-14-20(13-21(15-25)29(32)33)28-27(31)26-12-11-24(36-26)16-34-22-9-5-19(6-10-22)18(2)30/h3-15H,16H2,1-2H3,(H,28,31). The first-order valence-electron chi connectivity index (χ1n) is 10.9. The molecule has 1 heterocycles. The molecule has 9 heteroatoms. The molecule has 0 aliphatic rings. The van der Waals surface area contributed by atoms with E-state index in [0.717, 1.165) is 5.56 Å². The number of benzene rings is 3. The Morgan fingerprint density at radius 1 is 0.917 bits per heavy atom. The number of non-ortho nitro benzene ring substituents is 1. The van der Waals surface area contributed by atoms with Crippen molar-refractivity contribution >= 4 is 23.1 Å². The Balaban J connectivity index is 1.43. The Bertz CT molecular complexity index is 1410. The van der Waals surface area contributed by atoms with Crippen LogP contribution in [0.25, 0.3) is 0 Å². The fraction of sp³-hybridized carbons (Fsp3) is 0.111. The number of carbonyl (C=O) groups is 2. The van der Waals surface area contributed by atoms with Gasteiger partial charge in [-0.1, -0.05) is 17.7 Å². The van der Waals surface area contributed by atoms with Gasteiger partial charge in [0.15, 0.2) is 11.5 Å². The number of hydrogen-bond donors (Lipinski definition) is 1. The van der Waals surface area contributed by atoms with Crippen molar-refractivity contribution in [2.24, 2.45) is 0 Å². The zero-order chi connectivity index (χ0) is 25.7. The van der Waals surface area contributed by atoms with Gasteiger partial charge in [-0.3, -0.25) is 19.7 Å². The molecule has 0 atom stereocenters. The smallest absolute Gasteiger partial charge is 0.291 e. The lowest BCUT2D eigenvalue weighted by Gasteiger charge is -2.09. The predicted octanol–water partition coefficient (Wildman–Crippen LogP) is 6.32. The molecule has 0 radical (unpaired) electrons. The number of nitrogens with zero attached hydrogens (tertiary/aromatic N) is 1. The summed E-state index contributed by atoms with van der Waals surface area (Å²) in [5.74, 6) is 1.03. The first-order valence-corrected chi connectivity index (χ1v) is 10.9. The van der Waals surface area contributed by atoms with Crippen molar-refractivity contribution in [1.29, 1.82) is 0 Å². The Hall–Kier alpha value is -4.92. The van der Waals surface area contributed by atoms with Crippen LogP contribution in [0.15, 0.2) is 83.3 Å². The summed E-state index contributed by atoms with van der Waals surface area (Å²) < 4.78 is 16.9. The van der Waals surface area contributed by atoms with E-state index in [1.165, 1.54) is 31.2 Å². The molecule has 0 fully saturated rings. The van der Waals surface area contributed by atoms with Gasteiger partial charge in [-0.25, -0.2) is 0 Å². The number of Topliss-reactive ketones (excluding diaryl/α,β-unsaturated/α-hetero) is 1. The van der Waals surface area contributed by atoms with Crippen LogP contribution < -0.4 is 14.8 Å². The minimum absolute atomic E-state index is 0.00744. The number of nitro benzene ring substituents is 1. The Kier molecular flexibility index (Phi) is 7.10. The van der Waals surface area contributed by atoms with Gasteiger partial charge in [0.25, 0.3) is 11.6 Å². The van der Waals surface area contributed by atoms with E-state index in [0.29, 0.717) is 22.8 Å². The van der Waals surface area contributed by atoms with Crippen LogP contribution >= 0.6 is 0 Å². The molecular weight excluding hydrogens is 464 g/mol. The highest BCUT2D eigenvalue weighted by atomic mass is 16.6. The molecule has 3 aromatic carbocycles. The van der Waals surface area contributed by atoms with E-state index in [9.17, 15) is 19.7 Å². The second-order valence-corrected chi connectivity index (χ2v) is 7.98. The van der Waals surface area contributed by atoms with Gasteiger partial charge in [0.1, 0.15) is 29.6 Å². The highest BCUT2D eigenvalue weighted by Gasteiger charge is 2.16. The Labute approximate surface area is 206 Å². The number of ketones is 1. The molecule has 0 unspecified atom stereocenters. The fourth-order valence-corrected chi connectivity index (χ4v) is 3.27. The predicted molar refractivity (Wildman–Crippen MR) is 132 cm³/mol. The SMILES string of the molecule is CC(=O)c1ccc(OCc2ccc(C(=O)Nc3cc(Oc4ccc(C)cc4)cc([N+](=O)[O-])c3)o2)cc1. The number of amides is 1. The summed E-state index contributed by atoms with van der Waals surface area (Å²) in [6, 6.07) is 20.9. The van der Waals surface area contributed by atoms with Crippen LogP contribution in [0.2, 0.25) is 0 Å². The molecule has 1 amide bonds. The zero-order valence-electron chi connectivity index (χ0n) is 19.5. The van der Waals surface area contributed by atoms with Crippen LogP contribution in [0.3, 0.4) is 0 Å². The number of furan rings is 1. The maximum Gasteiger partial charge on any atom is 0.291 e. The van der Waals surface area contributed by atoms with Gasteiger partial charge in [0.2, 0.25) is 0 Å². The number of rotatable bonds is 9.